The van der Waals surface area contributed by atoms with Crippen LogP contribution < -0.4 is 15.5 Å². The minimum atomic E-state index is -0.132. The Hall–Kier alpha value is -3.60. The van der Waals surface area contributed by atoms with Crippen LogP contribution in [0, 0.1) is 0 Å². The first-order valence-corrected chi connectivity index (χ1v) is 9.76. The Morgan fingerprint density at radius 3 is 2.21 bits per heavy atom. The number of carbonyl (C=O) groups excluding carboxylic acids is 2. The van der Waals surface area contributed by atoms with Crippen molar-refractivity contribution in [3.63, 3.8) is 0 Å². The summed E-state index contributed by atoms with van der Waals surface area (Å²) >= 11 is 0. The number of amides is 3. The molecule has 2 N–H and O–H groups in total. The Morgan fingerprint density at radius 1 is 0.931 bits per heavy atom. The maximum absolute atomic E-state index is 12.9. The minimum absolute atomic E-state index is 0.103. The molecule has 0 bridgehead atoms. The summed E-state index contributed by atoms with van der Waals surface area (Å²) in [6.07, 6.45) is 0.711. The Balaban J connectivity index is 1.51. The summed E-state index contributed by atoms with van der Waals surface area (Å²) < 4.78 is 0. The first-order valence-electron chi connectivity index (χ1n) is 9.76. The second kappa shape index (κ2) is 8.61. The van der Waals surface area contributed by atoms with E-state index >= 15 is 0 Å². The predicted molar refractivity (Wildman–Crippen MR) is 114 cm³/mol. The zero-order valence-corrected chi connectivity index (χ0v) is 16.0. The van der Waals surface area contributed by atoms with E-state index in [0.717, 1.165) is 16.8 Å². The minimum Gasteiger partial charge on any atom is -0.345 e. The van der Waals surface area contributed by atoms with Crippen molar-refractivity contribution in [1.29, 1.82) is 0 Å². The van der Waals surface area contributed by atoms with Crippen LogP contribution in [-0.2, 0) is 6.42 Å². The fraction of sp³-hybridized carbons (Fsp3) is 0.167. The monoisotopic (exact) mass is 385 g/mol. The lowest BCUT2D eigenvalue weighted by Gasteiger charge is -2.20. The van der Waals surface area contributed by atoms with Gasteiger partial charge in [0.1, 0.15) is 0 Å². The second-order valence-corrected chi connectivity index (χ2v) is 7.06. The molecule has 29 heavy (non-hydrogen) atoms. The largest absolute Gasteiger partial charge is 0.345 e. The lowest BCUT2D eigenvalue weighted by molar-refractivity contribution is 0.0936. The van der Waals surface area contributed by atoms with Crippen molar-refractivity contribution in [3.05, 3.63) is 102 Å². The number of nitrogens with zero attached hydrogens (tertiary/aromatic N) is 1. The van der Waals surface area contributed by atoms with Gasteiger partial charge in [-0.1, -0.05) is 60.7 Å². The second-order valence-electron chi connectivity index (χ2n) is 7.06. The Labute approximate surface area is 170 Å². The third-order valence-electron chi connectivity index (χ3n) is 5.09. The van der Waals surface area contributed by atoms with Crippen molar-refractivity contribution < 1.29 is 9.59 Å². The molecule has 1 fully saturated rings. The SMILES string of the molecule is O=C(NC(Cc1ccccc1)c1ccccc1)c1ccc(N2CCNC2=O)cc1. The Bertz CT molecular complexity index is 972. The lowest BCUT2D eigenvalue weighted by Crippen LogP contribution is -2.30. The predicted octanol–water partition coefficient (Wildman–Crippen LogP) is 3.93. The third-order valence-corrected chi connectivity index (χ3v) is 5.09. The zero-order chi connectivity index (χ0) is 20.1. The summed E-state index contributed by atoms with van der Waals surface area (Å²) in [5.74, 6) is -0.132. The zero-order valence-electron chi connectivity index (χ0n) is 16.0. The van der Waals surface area contributed by atoms with Crippen LogP contribution in [0.25, 0.3) is 0 Å². The number of hydrogen-bond donors (Lipinski definition) is 2. The van der Waals surface area contributed by atoms with Crippen molar-refractivity contribution in [2.24, 2.45) is 0 Å². The highest BCUT2D eigenvalue weighted by Crippen LogP contribution is 2.21. The van der Waals surface area contributed by atoms with Crippen LogP contribution >= 0.6 is 0 Å². The van der Waals surface area contributed by atoms with E-state index in [4.69, 9.17) is 0 Å². The fourth-order valence-corrected chi connectivity index (χ4v) is 3.54. The maximum Gasteiger partial charge on any atom is 0.321 e. The van der Waals surface area contributed by atoms with Crippen molar-refractivity contribution in [2.75, 3.05) is 18.0 Å². The van der Waals surface area contributed by atoms with Crippen LogP contribution in [0.5, 0.6) is 0 Å². The Morgan fingerprint density at radius 2 is 1.59 bits per heavy atom. The molecule has 3 amide bonds. The molecule has 1 unspecified atom stereocenters. The van der Waals surface area contributed by atoms with Gasteiger partial charge in [0.05, 0.1) is 6.04 Å². The van der Waals surface area contributed by atoms with Crippen molar-refractivity contribution in [1.82, 2.24) is 10.6 Å². The molecular weight excluding hydrogens is 362 g/mol. The summed E-state index contributed by atoms with van der Waals surface area (Å²) in [4.78, 5) is 26.4. The highest BCUT2D eigenvalue weighted by atomic mass is 16.2. The summed E-state index contributed by atoms with van der Waals surface area (Å²) in [5, 5.41) is 5.94. The standard InChI is InChI=1S/C24H23N3O2/c28-23(20-11-13-21(14-12-20)27-16-15-25-24(27)29)26-22(19-9-5-2-6-10-19)17-18-7-3-1-4-8-18/h1-14,22H,15-17H2,(H,25,29)(H,26,28). The van der Waals surface area contributed by atoms with E-state index in [9.17, 15) is 9.59 Å². The lowest BCUT2D eigenvalue weighted by atomic mass is 9.98. The smallest absolute Gasteiger partial charge is 0.321 e. The molecule has 1 aliphatic rings. The fourth-order valence-electron chi connectivity index (χ4n) is 3.54. The summed E-state index contributed by atoms with van der Waals surface area (Å²) in [7, 11) is 0. The van der Waals surface area contributed by atoms with Crippen LogP contribution in [0.1, 0.15) is 27.5 Å². The molecule has 0 aliphatic carbocycles. The normalized spacial score (nSPS) is 14.3. The summed E-state index contributed by atoms with van der Waals surface area (Å²) in [5.41, 5.74) is 3.59. The molecule has 5 nitrogen and oxygen atoms in total. The van der Waals surface area contributed by atoms with Gasteiger partial charge < -0.3 is 10.6 Å². The topological polar surface area (TPSA) is 61.4 Å². The molecule has 0 spiro atoms. The average molecular weight is 385 g/mol. The van der Waals surface area contributed by atoms with Crippen LogP contribution in [-0.4, -0.2) is 25.0 Å². The van der Waals surface area contributed by atoms with Crippen LogP contribution in [0.15, 0.2) is 84.9 Å². The van der Waals surface area contributed by atoms with E-state index in [1.165, 1.54) is 0 Å². The number of rotatable bonds is 6. The number of nitrogens with one attached hydrogen (secondary N) is 2. The van der Waals surface area contributed by atoms with Gasteiger partial charge in [-0.05, 0) is 41.8 Å². The molecule has 1 saturated heterocycles. The van der Waals surface area contributed by atoms with E-state index in [1.807, 2.05) is 60.7 Å². The number of benzene rings is 3. The molecule has 0 radical (unpaired) electrons. The van der Waals surface area contributed by atoms with Gasteiger partial charge in [-0.15, -0.1) is 0 Å². The number of anilines is 1. The van der Waals surface area contributed by atoms with E-state index < -0.39 is 0 Å². The average Bonchev–Trinajstić information content (AvgIpc) is 3.20. The van der Waals surface area contributed by atoms with Crippen LogP contribution in [0.3, 0.4) is 0 Å². The quantitative estimate of drug-likeness (QED) is 0.675. The molecule has 0 aromatic heterocycles. The van der Waals surface area contributed by atoms with Gasteiger partial charge in [-0.3, -0.25) is 9.69 Å². The molecule has 3 aromatic carbocycles. The van der Waals surface area contributed by atoms with E-state index in [0.29, 0.717) is 25.1 Å². The first kappa shape index (κ1) is 18.7. The molecule has 3 aromatic rings. The van der Waals surface area contributed by atoms with Crippen LogP contribution in [0.4, 0.5) is 10.5 Å². The maximum atomic E-state index is 12.9. The molecule has 5 heteroatoms. The summed E-state index contributed by atoms with van der Waals surface area (Å²) in [6.45, 7) is 1.27. The first-order chi connectivity index (χ1) is 14.2. The van der Waals surface area contributed by atoms with Gasteiger partial charge in [0, 0.05) is 24.3 Å². The van der Waals surface area contributed by atoms with Gasteiger partial charge >= 0.3 is 6.03 Å². The third kappa shape index (κ3) is 4.46. The number of urea groups is 1. The van der Waals surface area contributed by atoms with Gasteiger partial charge in [0.2, 0.25) is 0 Å². The van der Waals surface area contributed by atoms with Crippen molar-refractivity contribution >= 4 is 17.6 Å². The highest BCUT2D eigenvalue weighted by molar-refractivity contribution is 5.97. The number of carbonyl (C=O) groups is 2. The van der Waals surface area contributed by atoms with E-state index in [-0.39, 0.29) is 18.0 Å². The molecule has 1 atom stereocenters. The molecule has 1 heterocycles. The van der Waals surface area contributed by atoms with Gasteiger partial charge in [0.25, 0.3) is 5.91 Å². The van der Waals surface area contributed by atoms with Gasteiger partial charge in [-0.2, -0.15) is 0 Å². The van der Waals surface area contributed by atoms with Crippen molar-refractivity contribution in [3.8, 4) is 0 Å². The molecule has 146 valence electrons. The van der Waals surface area contributed by atoms with Crippen molar-refractivity contribution in [2.45, 2.75) is 12.5 Å². The summed E-state index contributed by atoms with van der Waals surface area (Å²) in [6, 6.07) is 27.1. The molecule has 1 aliphatic heterocycles. The number of hydrogen-bond acceptors (Lipinski definition) is 2. The van der Waals surface area contributed by atoms with Gasteiger partial charge in [0.15, 0.2) is 0 Å². The van der Waals surface area contributed by atoms with Gasteiger partial charge in [-0.25, -0.2) is 4.79 Å². The van der Waals surface area contributed by atoms with E-state index in [2.05, 4.69) is 22.8 Å². The molecular formula is C24H23N3O2. The highest BCUT2D eigenvalue weighted by Gasteiger charge is 2.21. The van der Waals surface area contributed by atoms with E-state index in [1.54, 1.807) is 17.0 Å². The van der Waals surface area contributed by atoms with Crippen LogP contribution in [0.2, 0.25) is 0 Å². The Kier molecular flexibility index (Phi) is 5.56. The molecule has 4 rings (SSSR count). The molecule has 0 saturated carbocycles.